The lowest BCUT2D eigenvalue weighted by Gasteiger charge is -2.18. The second kappa shape index (κ2) is 61.5. The molecule has 0 spiro atoms. The summed E-state index contributed by atoms with van der Waals surface area (Å²) in [5.41, 5.74) is 8.19. The number of carbonyl (C=O) groups is 16. The van der Waals surface area contributed by atoms with Crippen LogP contribution in [0.3, 0.4) is 0 Å². The van der Waals surface area contributed by atoms with Crippen LogP contribution in [-0.4, -0.2) is 232 Å². The average molecular weight is 1810 g/mol. The van der Waals surface area contributed by atoms with Gasteiger partial charge in [0.05, 0.1) is 0 Å². The van der Waals surface area contributed by atoms with Crippen LogP contribution in [0.1, 0.15) is 167 Å². The molecule has 0 saturated heterocycles. The first-order valence-electron chi connectivity index (χ1n) is 38.5. The molecule has 8 amide bonds. The molecule has 0 heterocycles. The Morgan fingerprint density at radius 2 is 0.508 bits per heavy atom. The molecule has 0 radical (unpaired) electrons. The third kappa shape index (κ3) is 52.8. The summed E-state index contributed by atoms with van der Waals surface area (Å²) in [5.74, 6) is -15.2. The Hall–Kier alpha value is -11.8. The van der Waals surface area contributed by atoms with Crippen LogP contribution < -0.4 is 63.8 Å². The zero-order valence-corrected chi connectivity index (χ0v) is 69.1. The van der Waals surface area contributed by atoms with E-state index in [-0.39, 0.29) is 51.4 Å². The molecule has 0 aliphatic carbocycles. The van der Waals surface area contributed by atoms with Crippen molar-refractivity contribution in [3.63, 3.8) is 0 Å². The Kier molecular flexibility index (Phi) is 54.4. The number of nitrogens with one attached hydrogen (secondary N) is 12. The number of benzene rings is 4. The molecule has 24 N–H and O–H groups in total. The number of hydrogen-bond donors (Lipinski definition) is 24. The molecule has 41 heteroatoms. The maximum Gasteiger partial charge on any atom is 0.326 e. The lowest BCUT2D eigenvalue weighted by molar-refractivity contribution is -0.142. The number of rotatable bonds is 56. The van der Waals surface area contributed by atoms with Crippen LogP contribution in [0.2, 0.25) is 0 Å². The third-order valence-corrected chi connectivity index (χ3v) is 18.4. The van der Waals surface area contributed by atoms with Gasteiger partial charge >= 0.3 is 95.8 Å². The number of aryl methyl sites for hydroxylation is 3. The van der Waals surface area contributed by atoms with Gasteiger partial charge in [-0.1, -0.05) is 108 Å². The molecule has 40 nitrogen and oxygen atoms in total. The zero-order chi connectivity index (χ0) is 90.1. The first-order chi connectivity index (χ1) is 56.8. The molecule has 4 rings (SSSR count). The molecule has 664 valence electrons. The van der Waals surface area contributed by atoms with Crippen molar-refractivity contribution in [1.82, 2.24) is 63.8 Å². The highest BCUT2D eigenvalue weighted by molar-refractivity contribution is 14.1. The third-order valence-electron chi connectivity index (χ3n) is 17.4. The van der Waals surface area contributed by atoms with Crippen molar-refractivity contribution in [2.75, 3.05) is 26.2 Å². The number of halogens is 1. The summed E-state index contributed by atoms with van der Waals surface area (Å²) < 4.78 is 1.16. The predicted octanol–water partition coefficient (Wildman–Crippen LogP) is 5.60. The predicted molar refractivity (Wildman–Crippen MR) is 440 cm³/mol. The first kappa shape index (κ1) is 106. The molecular formula is C79H113IN12O28. The summed E-state index contributed by atoms with van der Waals surface area (Å²) >= 11 is 2.26. The SMILES string of the molecule is Cc1ccc(CNCCCC[C@H](NC(=O)N[C@@H](CCC(=O)O)C(=O)O)C(=O)O)cc1.Cc1ccc(CNCCCC[C@H](NC(=O)N[C@@H](CCC(=O)O)C(=O)O)C(=O)O)cc1.Cc1cccc(CNCCCC[C@H](NC(=O)N[C@@H](CCC(=O)O)C(=O)O)C(=O)O)c1.O=C(O)CC[C@H](NC(=O)N[C@@H](CCCCNCc1ccccc1I)C(=O)O)C(=O)O. The van der Waals surface area contributed by atoms with Gasteiger partial charge in [-0.25, -0.2) is 57.5 Å². The van der Waals surface area contributed by atoms with E-state index in [0.29, 0.717) is 104 Å². The minimum Gasteiger partial charge on any atom is -0.481 e. The van der Waals surface area contributed by atoms with E-state index < -0.39 is 170 Å². The number of urea groups is 4. The highest BCUT2D eigenvalue weighted by atomic mass is 127. The number of unbranched alkanes of at least 4 members (excludes halogenated alkanes) is 4. The van der Waals surface area contributed by atoms with Gasteiger partial charge in [-0.15, -0.1) is 0 Å². The van der Waals surface area contributed by atoms with Crippen LogP contribution in [0.15, 0.2) is 97.1 Å². The largest absolute Gasteiger partial charge is 0.481 e. The van der Waals surface area contributed by atoms with E-state index in [4.69, 9.17) is 40.9 Å². The highest BCUT2D eigenvalue weighted by Gasteiger charge is 2.30. The normalized spacial score (nSPS) is 12.6. The molecule has 0 fully saturated rings. The first-order valence-corrected chi connectivity index (χ1v) is 39.6. The van der Waals surface area contributed by atoms with Gasteiger partial charge in [0.15, 0.2) is 0 Å². The minimum absolute atomic E-state index is 0.181. The molecule has 0 aromatic heterocycles. The molecule has 8 atom stereocenters. The fourth-order valence-electron chi connectivity index (χ4n) is 10.8. The number of hydrogen-bond acceptors (Lipinski definition) is 20. The molecule has 0 bridgehead atoms. The summed E-state index contributed by atoms with van der Waals surface area (Å²) in [6.45, 7) is 11.6. The standard InChI is InChI=1S/3C20H29N3O7.C19H26IN3O7/c1-13-5-4-6-14(11-13)12-21-10-3-2-7-15(18(26)27)22-20(30)23-16(19(28)29)8-9-17(24)25;2*1-13-5-7-14(8-6-13)12-21-11-3-2-4-15(18(26)27)22-20(30)23-16(19(28)29)9-10-17(24)25;20-13-6-2-1-5-12(13)11-21-10-4-3-7-14(17(26)27)22-19(30)23-15(18(28)29)8-9-16(24)25/h4-6,11,15-16,21H,2-3,7-10,12H2,1H3,(H,24,25)(H,26,27)(H,28,29)(H2,22,23,30);2*5-8,15-16,21H,2-4,9-12H2,1H3,(H,24,25)(H,26,27)(H,28,29)(H2,22,23,30);1-2,5-6,14-15,21H,3-4,7-11H2,(H,24,25)(H,26,27)(H,28,29)(H2,22,23,30)/t3*15-,16-;14-,15-/m0000/s1. The number of aliphatic carboxylic acids is 12. The average Bonchev–Trinajstić information content (AvgIpc) is 0.928. The summed E-state index contributed by atoms with van der Waals surface area (Å²) in [6, 6.07) is 18.1. The topological polar surface area (TPSA) is 660 Å². The Bertz CT molecular complexity index is 3790. The van der Waals surface area contributed by atoms with E-state index in [9.17, 15) is 97.1 Å². The van der Waals surface area contributed by atoms with Gasteiger partial charge in [0, 0.05) is 55.4 Å². The molecule has 0 saturated carbocycles. The van der Waals surface area contributed by atoms with Crippen LogP contribution >= 0.6 is 22.6 Å². The van der Waals surface area contributed by atoms with Crippen molar-refractivity contribution < 1.29 is 138 Å². The quantitative estimate of drug-likeness (QED) is 0.0189. The van der Waals surface area contributed by atoms with Crippen LogP contribution in [0.4, 0.5) is 19.2 Å². The van der Waals surface area contributed by atoms with E-state index in [0.717, 1.165) is 20.3 Å². The number of carboxylic acid groups (broad SMARTS) is 12. The number of amides is 8. The van der Waals surface area contributed by atoms with Crippen molar-refractivity contribution in [1.29, 1.82) is 0 Å². The maximum absolute atomic E-state index is 11.9. The lowest BCUT2D eigenvalue weighted by Crippen LogP contribution is -2.51. The second-order valence-electron chi connectivity index (χ2n) is 27.6. The molecule has 4 aromatic carbocycles. The summed E-state index contributed by atoms with van der Waals surface area (Å²) in [7, 11) is 0. The molecular weight excluding hydrogens is 1690 g/mol. The van der Waals surface area contributed by atoms with E-state index in [1.54, 1.807) is 0 Å². The van der Waals surface area contributed by atoms with Gasteiger partial charge < -0.3 is 125 Å². The van der Waals surface area contributed by atoms with Gasteiger partial charge in [0.1, 0.15) is 48.3 Å². The van der Waals surface area contributed by atoms with Crippen LogP contribution in [-0.2, 0) is 83.7 Å². The molecule has 120 heavy (non-hydrogen) atoms. The highest BCUT2D eigenvalue weighted by Crippen LogP contribution is 2.14. The van der Waals surface area contributed by atoms with E-state index in [1.165, 1.54) is 22.3 Å². The maximum atomic E-state index is 11.9. The van der Waals surface area contributed by atoms with Crippen molar-refractivity contribution >= 4 is 118 Å². The summed E-state index contributed by atoms with van der Waals surface area (Å²) in [5, 5.41) is 138. The van der Waals surface area contributed by atoms with Crippen molar-refractivity contribution in [3.8, 4) is 0 Å². The van der Waals surface area contributed by atoms with E-state index in [2.05, 4.69) is 92.5 Å². The van der Waals surface area contributed by atoms with Crippen molar-refractivity contribution in [3.05, 3.63) is 140 Å². The Morgan fingerprint density at radius 3 is 0.750 bits per heavy atom. The van der Waals surface area contributed by atoms with E-state index >= 15 is 0 Å². The van der Waals surface area contributed by atoms with E-state index in [1.807, 2.05) is 112 Å². The molecule has 0 aliphatic rings. The minimum atomic E-state index is -1.42. The Morgan fingerprint density at radius 1 is 0.267 bits per heavy atom. The zero-order valence-electron chi connectivity index (χ0n) is 66.9. The molecule has 4 aromatic rings. The molecule has 0 aliphatic heterocycles. The van der Waals surface area contributed by atoms with Gasteiger partial charge in [0.25, 0.3) is 0 Å². The summed E-state index contributed by atoms with van der Waals surface area (Å²) in [6.07, 6.45) is 2.75. The van der Waals surface area contributed by atoms with Crippen LogP contribution in [0.5, 0.6) is 0 Å². The van der Waals surface area contributed by atoms with Crippen LogP contribution in [0, 0.1) is 24.3 Å². The fraction of sp³-hybridized carbons (Fsp3) is 0.494. The Balaban J connectivity index is 0.000000800. The number of carboxylic acids is 12. The smallest absolute Gasteiger partial charge is 0.326 e. The summed E-state index contributed by atoms with van der Waals surface area (Å²) in [4.78, 5) is 180. The van der Waals surface area contributed by atoms with Crippen molar-refractivity contribution in [2.24, 2.45) is 0 Å². The monoisotopic (exact) mass is 1800 g/mol. The second-order valence-corrected chi connectivity index (χ2v) is 28.7. The van der Waals surface area contributed by atoms with Gasteiger partial charge in [-0.2, -0.15) is 0 Å². The van der Waals surface area contributed by atoms with Crippen LogP contribution in [0.25, 0.3) is 0 Å². The van der Waals surface area contributed by atoms with Gasteiger partial charge in [-0.3, -0.25) is 19.2 Å². The lowest BCUT2D eigenvalue weighted by atomic mass is 10.1. The number of carbonyl (C=O) groups excluding carboxylic acids is 4. The van der Waals surface area contributed by atoms with Gasteiger partial charge in [0.2, 0.25) is 0 Å². The van der Waals surface area contributed by atoms with Gasteiger partial charge in [-0.05, 0) is 201 Å². The Labute approximate surface area is 706 Å². The van der Waals surface area contributed by atoms with Crippen molar-refractivity contribution in [2.45, 2.75) is 224 Å². The molecule has 0 unspecified atom stereocenters. The fourth-order valence-corrected chi connectivity index (χ4v) is 11.3.